The lowest BCUT2D eigenvalue weighted by molar-refractivity contribution is -0.0512. The molecule has 20 heavy (non-hydrogen) atoms. The Morgan fingerprint density at radius 1 is 1.30 bits per heavy atom. The second-order valence-electron chi connectivity index (χ2n) is 3.71. The fraction of sp³-hybridized carbons (Fsp3) is 0.154. The van der Waals surface area contributed by atoms with Crippen LogP contribution in [0.15, 0.2) is 35.0 Å². The monoisotopic (exact) mass is 299 g/mol. The predicted octanol–water partition coefficient (Wildman–Crippen LogP) is 3.61. The van der Waals surface area contributed by atoms with Gasteiger partial charge in [-0.3, -0.25) is 4.79 Å². The fourth-order valence-electron chi connectivity index (χ4n) is 1.54. The molecule has 0 aliphatic heterocycles. The van der Waals surface area contributed by atoms with Crippen LogP contribution in [0.2, 0.25) is 0 Å². The van der Waals surface area contributed by atoms with Crippen molar-refractivity contribution in [1.82, 2.24) is 0 Å². The SMILES string of the molecule is COc1ccc(C(=O)Nc2ccsc2)cc1OC(F)F. The van der Waals surface area contributed by atoms with Crippen LogP contribution in [-0.4, -0.2) is 19.6 Å². The summed E-state index contributed by atoms with van der Waals surface area (Å²) in [5.74, 6) is -0.456. The number of carbonyl (C=O) groups excluding carboxylic acids is 1. The van der Waals surface area contributed by atoms with Crippen LogP contribution in [0.3, 0.4) is 0 Å². The van der Waals surface area contributed by atoms with Gasteiger partial charge >= 0.3 is 6.61 Å². The van der Waals surface area contributed by atoms with Gasteiger partial charge in [-0.1, -0.05) is 0 Å². The highest BCUT2D eigenvalue weighted by Crippen LogP contribution is 2.29. The van der Waals surface area contributed by atoms with Crippen molar-refractivity contribution in [2.45, 2.75) is 6.61 Å². The number of anilines is 1. The Morgan fingerprint density at radius 3 is 2.70 bits per heavy atom. The minimum atomic E-state index is -2.99. The van der Waals surface area contributed by atoms with Crippen molar-refractivity contribution in [3.8, 4) is 11.5 Å². The third-order valence-electron chi connectivity index (χ3n) is 2.42. The lowest BCUT2D eigenvalue weighted by atomic mass is 10.2. The predicted molar refractivity (Wildman–Crippen MR) is 71.9 cm³/mol. The van der Waals surface area contributed by atoms with Gasteiger partial charge < -0.3 is 14.8 Å². The number of alkyl halides is 2. The number of benzene rings is 1. The highest BCUT2D eigenvalue weighted by molar-refractivity contribution is 7.08. The molecule has 1 amide bonds. The van der Waals surface area contributed by atoms with E-state index in [2.05, 4.69) is 10.1 Å². The molecule has 106 valence electrons. The maximum atomic E-state index is 12.3. The minimum Gasteiger partial charge on any atom is -0.493 e. The van der Waals surface area contributed by atoms with E-state index in [4.69, 9.17) is 4.74 Å². The number of methoxy groups -OCH3 is 1. The van der Waals surface area contributed by atoms with Crippen molar-refractivity contribution in [2.75, 3.05) is 12.4 Å². The third kappa shape index (κ3) is 3.45. The van der Waals surface area contributed by atoms with E-state index in [0.29, 0.717) is 5.69 Å². The van der Waals surface area contributed by atoms with E-state index in [1.165, 1.54) is 36.6 Å². The van der Waals surface area contributed by atoms with E-state index in [1.54, 1.807) is 11.4 Å². The molecular formula is C13H11F2NO3S. The van der Waals surface area contributed by atoms with Crippen LogP contribution in [0.5, 0.6) is 11.5 Å². The molecule has 0 atom stereocenters. The summed E-state index contributed by atoms with van der Waals surface area (Å²) in [6.45, 7) is -2.99. The van der Waals surface area contributed by atoms with Gasteiger partial charge in [-0.25, -0.2) is 0 Å². The molecule has 0 bridgehead atoms. The zero-order valence-electron chi connectivity index (χ0n) is 10.4. The molecule has 0 aliphatic carbocycles. The maximum Gasteiger partial charge on any atom is 0.387 e. The number of ether oxygens (including phenoxy) is 2. The first-order valence-corrected chi connectivity index (χ1v) is 6.51. The normalized spacial score (nSPS) is 10.4. The number of rotatable bonds is 5. The summed E-state index contributed by atoms with van der Waals surface area (Å²) in [6, 6.07) is 5.83. The Bertz CT molecular complexity index is 587. The first kappa shape index (κ1) is 14.3. The van der Waals surface area contributed by atoms with Gasteiger partial charge in [0.15, 0.2) is 11.5 Å². The fourth-order valence-corrected chi connectivity index (χ4v) is 2.13. The zero-order valence-corrected chi connectivity index (χ0v) is 11.2. The van der Waals surface area contributed by atoms with E-state index in [0.717, 1.165) is 0 Å². The molecular weight excluding hydrogens is 288 g/mol. The van der Waals surface area contributed by atoms with Gasteiger partial charge in [0, 0.05) is 10.9 Å². The molecule has 0 unspecified atom stereocenters. The number of thiophene rings is 1. The average Bonchev–Trinajstić information content (AvgIpc) is 2.90. The molecule has 0 spiro atoms. The quantitative estimate of drug-likeness (QED) is 0.917. The number of carbonyl (C=O) groups is 1. The van der Waals surface area contributed by atoms with Gasteiger partial charge in [-0.15, -0.1) is 0 Å². The number of halogens is 2. The summed E-state index contributed by atoms with van der Waals surface area (Å²) in [7, 11) is 1.33. The Kier molecular flexibility index (Phi) is 4.52. The van der Waals surface area contributed by atoms with Crippen LogP contribution in [-0.2, 0) is 0 Å². The van der Waals surface area contributed by atoms with Crippen molar-refractivity contribution >= 4 is 22.9 Å². The van der Waals surface area contributed by atoms with Gasteiger partial charge in [-0.2, -0.15) is 20.1 Å². The number of nitrogens with one attached hydrogen (secondary N) is 1. The highest BCUT2D eigenvalue weighted by Gasteiger charge is 2.14. The summed E-state index contributed by atoms with van der Waals surface area (Å²) >= 11 is 1.44. The summed E-state index contributed by atoms with van der Waals surface area (Å²) in [4.78, 5) is 12.0. The molecule has 0 radical (unpaired) electrons. The molecule has 4 nitrogen and oxygen atoms in total. The molecule has 2 rings (SSSR count). The van der Waals surface area contributed by atoms with E-state index < -0.39 is 12.5 Å². The maximum absolute atomic E-state index is 12.3. The van der Waals surface area contributed by atoms with Gasteiger partial charge in [0.25, 0.3) is 5.91 Å². The lowest BCUT2D eigenvalue weighted by Crippen LogP contribution is -2.12. The number of amides is 1. The Labute approximate surface area is 117 Å². The first-order valence-electron chi connectivity index (χ1n) is 5.56. The second kappa shape index (κ2) is 6.33. The summed E-state index contributed by atoms with van der Waals surface area (Å²) < 4.78 is 33.8. The average molecular weight is 299 g/mol. The van der Waals surface area contributed by atoms with Crippen LogP contribution >= 0.6 is 11.3 Å². The molecule has 7 heteroatoms. The lowest BCUT2D eigenvalue weighted by Gasteiger charge is -2.11. The van der Waals surface area contributed by atoms with Crippen LogP contribution in [0.1, 0.15) is 10.4 Å². The van der Waals surface area contributed by atoms with Crippen molar-refractivity contribution in [3.63, 3.8) is 0 Å². The Balaban J connectivity index is 2.21. The van der Waals surface area contributed by atoms with Gasteiger partial charge in [0.1, 0.15) is 0 Å². The Hall–Kier alpha value is -2.15. The summed E-state index contributed by atoms with van der Waals surface area (Å²) in [6.07, 6.45) is 0. The van der Waals surface area contributed by atoms with Crippen molar-refractivity contribution in [2.24, 2.45) is 0 Å². The first-order chi connectivity index (χ1) is 9.60. The molecule has 0 saturated heterocycles. The molecule has 0 fully saturated rings. The number of hydrogen-bond acceptors (Lipinski definition) is 4. The molecule has 1 aromatic carbocycles. The van der Waals surface area contributed by atoms with Gasteiger partial charge in [0.2, 0.25) is 0 Å². The van der Waals surface area contributed by atoms with Crippen LogP contribution < -0.4 is 14.8 Å². The molecule has 0 saturated carbocycles. The van der Waals surface area contributed by atoms with E-state index in [9.17, 15) is 13.6 Å². The largest absolute Gasteiger partial charge is 0.493 e. The standard InChI is InChI=1S/C13H11F2NO3S/c1-18-10-3-2-8(6-11(10)19-13(14)15)12(17)16-9-4-5-20-7-9/h2-7,13H,1H3,(H,16,17). The van der Waals surface area contributed by atoms with Gasteiger partial charge in [0.05, 0.1) is 12.8 Å². The molecule has 1 aromatic heterocycles. The zero-order chi connectivity index (χ0) is 14.5. The van der Waals surface area contributed by atoms with E-state index in [-0.39, 0.29) is 17.1 Å². The van der Waals surface area contributed by atoms with Crippen molar-refractivity contribution in [1.29, 1.82) is 0 Å². The topological polar surface area (TPSA) is 47.6 Å². The summed E-state index contributed by atoms with van der Waals surface area (Å²) in [5, 5.41) is 6.22. The van der Waals surface area contributed by atoms with Crippen LogP contribution in [0.25, 0.3) is 0 Å². The molecule has 1 N–H and O–H groups in total. The molecule has 1 heterocycles. The minimum absolute atomic E-state index is 0.136. The number of hydrogen-bond donors (Lipinski definition) is 1. The van der Waals surface area contributed by atoms with Crippen molar-refractivity contribution in [3.05, 3.63) is 40.6 Å². The second-order valence-corrected chi connectivity index (χ2v) is 4.49. The smallest absolute Gasteiger partial charge is 0.387 e. The van der Waals surface area contributed by atoms with Crippen LogP contribution in [0.4, 0.5) is 14.5 Å². The molecule has 0 aliphatic rings. The van der Waals surface area contributed by atoms with Crippen LogP contribution in [0, 0.1) is 0 Å². The molecule has 2 aromatic rings. The van der Waals surface area contributed by atoms with Gasteiger partial charge in [-0.05, 0) is 29.6 Å². The highest BCUT2D eigenvalue weighted by atomic mass is 32.1. The van der Waals surface area contributed by atoms with Crippen molar-refractivity contribution < 1.29 is 23.0 Å². The Morgan fingerprint density at radius 2 is 2.10 bits per heavy atom. The van der Waals surface area contributed by atoms with E-state index in [1.807, 2.05) is 5.38 Å². The van der Waals surface area contributed by atoms with E-state index >= 15 is 0 Å². The third-order valence-corrected chi connectivity index (χ3v) is 3.10. The summed E-state index contributed by atoms with van der Waals surface area (Å²) in [5.41, 5.74) is 0.847.